The molecule has 1 fully saturated rings. The summed E-state index contributed by atoms with van der Waals surface area (Å²) in [6, 6.07) is 17.2. The van der Waals surface area contributed by atoms with E-state index in [1.54, 1.807) is 0 Å². The van der Waals surface area contributed by atoms with Crippen molar-refractivity contribution in [2.24, 2.45) is 0 Å². The number of carbonyl (C=O) groups is 3. The molecule has 2 heterocycles. The second-order valence-electron chi connectivity index (χ2n) is 9.16. The minimum atomic E-state index is -0.520. The zero-order valence-corrected chi connectivity index (χ0v) is 23.2. The van der Waals surface area contributed by atoms with Crippen LogP contribution < -0.4 is 4.90 Å². The highest BCUT2D eigenvalue weighted by Crippen LogP contribution is 2.49. The smallest absolute Gasteiger partial charge is 0.333 e. The van der Waals surface area contributed by atoms with Crippen molar-refractivity contribution in [3.8, 4) is 0 Å². The van der Waals surface area contributed by atoms with Crippen LogP contribution in [0, 0.1) is 0 Å². The monoisotopic (exact) mass is 538 g/mol. The molecule has 2 amide bonds. The van der Waals surface area contributed by atoms with Crippen molar-refractivity contribution in [1.29, 1.82) is 0 Å². The van der Waals surface area contributed by atoms with E-state index in [1.165, 1.54) is 45.2 Å². The van der Waals surface area contributed by atoms with E-state index in [4.69, 9.17) is 4.84 Å². The van der Waals surface area contributed by atoms with Crippen LogP contribution >= 0.6 is 23.5 Å². The molecular formula is C29H34N2O4S2. The number of benzene rings is 2. The van der Waals surface area contributed by atoms with E-state index in [0.717, 1.165) is 24.3 Å². The van der Waals surface area contributed by atoms with Crippen LogP contribution in [0.5, 0.6) is 0 Å². The van der Waals surface area contributed by atoms with Gasteiger partial charge < -0.3 is 9.74 Å². The number of amides is 2. The van der Waals surface area contributed by atoms with Crippen molar-refractivity contribution in [3.63, 3.8) is 0 Å². The van der Waals surface area contributed by atoms with Gasteiger partial charge in [0.25, 0.3) is 11.8 Å². The van der Waals surface area contributed by atoms with Crippen LogP contribution in [0.4, 0.5) is 11.4 Å². The predicted molar refractivity (Wildman–Crippen MR) is 152 cm³/mol. The Hall–Kier alpha value is -2.71. The maximum absolute atomic E-state index is 12.1. The van der Waals surface area contributed by atoms with Gasteiger partial charge in [-0.25, -0.2) is 4.79 Å². The average molecular weight is 539 g/mol. The van der Waals surface area contributed by atoms with E-state index >= 15 is 0 Å². The summed E-state index contributed by atoms with van der Waals surface area (Å²) in [5, 5.41) is 0.626. The van der Waals surface area contributed by atoms with Crippen LogP contribution in [0.25, 0.3) is 5.57 Å². The largest absolute Gasteiger partial charge is 0.344 e. The lowest BCUT2D eigenvalue weighted by Gasteiger charge is -2.33. The summed E-state index contributed by atoms with van der Waals surface area (Å²) in [4.78, 5) is 42.5. The molecule has 2 aliphatic heterocycles. The molecule has 2 aromatic carbocycles. The van der Waals surface area contributed by atoms with Crippen LogP contribution in [-0.4, -0.2) is 41.4 Å². The molecule has 0 bridgehead atoms. The lowest BCUT2D eigenvalue weighted by atomic mass is 9.92. The highest BCUT2D eigenvalue weighted by atomic mass is 32.2. The fourth-order valence-corrected chi connectivity index (χ4v) is 7.18. The number of nitrogens with zero attached hydrogens (tertiary/aromatic N) is 2. The van der Waals surface area contributed by atoms with Gasteiger partial charge in [-0.15, -0.1) is 28.6 Å². The van der Waals surface area contributed by atoms with Crippen molar-refractivity contribution in [1.82, 2.24) is 5.06 Å². The first-order valence-corrected chi connectivity index (χ1v) is 15.0. The van der Waals surface area contributed by atoms with Gasteiger partial charge in [0, 0.05) is 58.6 Å². The van der Waals surface area contributed by atoms with E-state index in [0.29, 0.717) is 11.5 Å². The van der Waals surface area contributed by atoms with Gasteiger partial charge >= 0.3 is 5.97 Å². The number of imide groups is 1. The van der Waals surface area contributed by atoms with Crippen LogP contribution in [0.15, 0.2) is 52.8 Å². The van der Waals surface area contributed by atoms with Gasteiger partial charge in [-0.3, -0.25) is 9.59 Å². The molecule has 1 saturated heterocycles. The number of carbonyl (C=O) groups excluding carboxylic acids is 3. The van der Waals surface area contributed by atoms with Crippen molar-refractivity contribution in [2.75, 3.05) is 23.5 Å². The summed E-state index contributed by atoms with van der Waals surface area (Å²) >= 11 is 3.85. The van der Waals surface area contributed by atoms with Gasteiger partial charge in [0.15, 0.2) is 0 Å². The standard InChI is InChI=1S/C29H34N2O4S2/c1-3-4-19-36-29(37-20-11-5-6-16-27(34)35-31-25(32)17-18-26(31)33)28-21-12-7-9-14-23(21)30(2)24-15-10-8-13-22(24)28/h7-10,12-15H,3-6,11,16-20H2,1-2H3. The maximum Gasteiger partial charge on any atom is 0.333 e. The number of hydrogen-bond acceptors (Lipinski definition) is 7. The summed E-state index contributed by atoms with van der Waals surface area (Å²) in [5.74, 6) is 0.646. The molecule has 2 aromatic rings. The van der Waals surface area contributed by atoms with Gasteiger partial charge in [0.1, 0.15) is 0 Å². The van der Waals surface area contributed by atoms with Gasteiger partial charge in [-0.2, -0.15) is 0 Å². The highest BCUT2D eigenvalue weighted by molar-refractivity contribution is 8.22. The van der Waals surface area contributed by atoms with Crippen LogP contribution in [0.1, 0.15) is 69.4 Å². The maximum atomic E-state index is 12.1. The molecule has 8 heteroatoms. The minimum Gasteiger partial charge on any atom is -0.344 e. The number of fused-ring (bicyclic) bond motifs is 2. The zero-order chi connectivity index (χ0) is 26.2. The van der Waals surface area contributed by atoms with E-state index in [9.17, 15) is 14.4 Å². The summed E-state index contributed by atoms with van der Waals surface area (Å²) in [6.45, 7) is 2.22. The number of rotatable bonds is 12. The summed E-state index contributed by atoms with van der Waals surface area (Å²) in [7, 11) is 2.13. The Morgan fingerprint density at radius 3 is 2.00 bits per heavy atom. The Bertz CT molecular complexity index is 1110. The fraction of sp³-hybridized carbons (Fsp3) is 0.414. The first kappa shape index (κ1) is 27.3. The quantitative estimate of drug-likeness (QED) is 0.215. The molecule has 0 aromatic heterocycles. The molecule has 0 aliphatic carbocycles. The number of unbranched alkanes of at least 4 members (excludes halogenated alkanes) is 3. The first-order chi connectivity index (χ1) is 18.0. The van der Waals surface area contributed by atoms with Crippen molar-refractivity contribution in [3.05, 3.63) is 63.9 Å². The van der Waals surface area contributed by atoms with E-state index < -0.39 is 17.8 Å². The Morgan fingerprint density at radius 1 is 0.838 bits per heavy atom. The predicted octanol–water partition coefficient (Wildman–Crippen LogP) is 6.92. The number of anilines is 2. The molecule has 0 spiro atoms. The number of para-hydroxylation sites is 2. The second-order valence-corrected chi connectivity index (χ2v) is 11.6. The van der Waals surface area contributed by atoms with Gasteiger partial charge in [-0.1, -0.05) is 56.2 Å². The molecule has 0 N–H and O–H groups in total. The third-order valence-corrected chi connectivity index (χ3v) is 9.09. The summed E-state index contributed by atoms with van der Waals surface area (Å²) < 4.78 is 1.35. The van der Waals surface area contributed by atoms with Gasteiger partial charge in [0.05, 0.1) is 0 Å². The minimum absolute atomic E-state index is 0.114. The first-order valence-electron chi connectivity index (χ1n) is 13.0. The van der Waals surface area contributed by atoms with Crippen LogP contribution in [-0.2, 0) is 19.2 Å². The molecule has 196 valence electrons. The average Bonchev–Trinajstić information content (AvgIpc) is 3.22. The third-order valence-electron chi connectivity index (χ3n) is 6.46. The molecule has 4 rings (SSSR count). The molecule has 0 unspecified atom stereocenters. The number of hydrogen-bond donors (Lipinski definition) is 0. The fourth-order valence-electron chi connectivity index (χ4n) is 4.46. The Morgan fingerprint density at radius 2 is 1.41 bits per heavy atom. The normalized spacial score (nSPS) is 14.6. The van der Waals surface area contributed by atoms with Crippen molar-refractivity contribution in [2.45, 2.75) is 58.3 Å². The van der Waals surface area contributed by atoms with E-state index in [1.807, 2.05) is 23.5 Å². The van der Waals surface area contributed by atoms with E-state index in [2.05, 4.69) is 67.4 Å². The molecule has 0 radical (unpaired) electrons. The molecule has 37 heavy (non-hydrogen) atoms. The molecule has 6 nitrogen and oxygen atoms in total. The molecule has 0 atom stereocenters. The van der Waals surface area contributed by atoms with Crippen LogP contribution in [0.2, 0.25) is 0 Å². The van der Waals surface area contributed by atoms with E-state index in [-0.39, 0.29) is 19.3 Å². The lowest BCUT2D eigenvalue weighted by Crippen LogP contribution is -2.31. The topological polar surface area (TPSA) is 66.9 Å². The number of hydroxylamine groups is 2. The Balaban J connectivity index is 1.40. The second kappa shape index (κ2) is 13.2. The zero-order valence-electron chi connectivity index (χ0n) is 21.5. The van der Waals surface area contributed by atoms with Gasteiger partial charge in [-0.05, 0) is 42.9 Å². The lowest BCUT2D eigenvalue weighted by molar-refractivity contribution is -0.197. The van der Waals surface area contributed by atoms with Crippen LogP contribution in [0.3, 0.4) is 0 Å². The third kappa shape index (κ3) is 6.60. The summed E-state index contributed by atoms with van der Waals surface area (Å²) in [5.41, 5.74) is 6.30. The molecule has 0 saturated carbocycles. The molecule has 2 aliphatic rings. The van der Waals surface area contributed by atoms with Crippen molar-refractivity contribution >= 4 is 58.3 Å². The Labute approximate surface area is 227 Å². The highest BCUT2D eigenvalue weighted by Gasteiger charge is 2.32. The molecular weight excluding hydrogens is 504 g/mol. The SMILES string of the molecule is CCCCSC(SCCCCCC(=O)ON1C(=O)CCC1=O)=C1c2ccccc2N(C)c2ccccc21. The van der Waals surface area contributed by atoms with Gasteiger partial charge in [0.2, 0.25) is 0 Å². The Kier molecular flexibility index (Phi) is 9.75. The van der Waals surface area contributed by atoms with Crippen molar-refractivity contribution < 1.29 is 19.2 Å². The number of thioether (sulfide) groups is 2. The summed E-state index contributed by atoms with van der Waals surface area (Å²) in [6.07, 6.45) is 5.28.